The summed E-state index contributed by atoms with van der Waals surface area (Å²) in [4.78, 5) is 18.4. The summed E-state index contributed by atoms with van der Waals surface area (Å²) in [5, 5.41) is 6.38. The fourth-order valence-electron chi connectivity index (χ4n) is 7.19. The van der Waals surface area contributed by atoms with Gasteiger partial charge in [-0.25, -0.2) is 17.2 Å². The number of amides is 1. The normalized spacial score (nSPS) is 32.8. The predicted molar refractivity (Wildman–Crippen MR) is 171 cm³/mol. The van der Waals surface area contributed by atoms with Gasteiger partial charge in [0.25, 0.3) is 0 Å². The van der Waals surface area contributed by atoms with Gasteiger partial charge in [-0.05, 0) is 116 Å². The van der Waals surface area contributed by atoms with Crippen LogP contribution in [-0.2, 0) is 21.4 Å². The first-order chi connectivity index (χ1) is 20.2. The number of sulfonamides is 1. The molecule has 1 amide bonds. The fraction of sp³-hybridized carbons (Fsp3) is 0.548. The van der Waals surface area contributed by atoms with E-state index in [1.807, 2.05) is 36.4 Å². The lowest BCUT2D eigenvalue weighted by molar-refractivity contribution is -0.124. The van der Waals surface area contributed by atoms with Gasteiger partial charge in [-0.2, -0.15) is 4.31 Å². The Labute approximate surface area is 270 Å². The minimum absolute atomic E-state index is 0.0128. The number of rotatable bonds is 9. The molecule has 1 heterocycles. The molecule has 3 atom stereocenters. The Morgan fingerprint density at radius 1 is 1.14 bits per heavy atom. The topological polar surface area (TPSA) is 90.9 Å². The van der Waals surface area contributed by atoms with Crippen LogP contribution < -0.4 is 10.6 Å². The molecule has 2 aromatic rings. The molecule has 12 heteroatoms. The molecule has 232 valence electrons. The van der Waals surface area contributed by atoms with Gasteiger partial charge in [-0.1, -0.05) is 35.9 Å². The van der Waals surface area contributed by atoms with Gasteiger partial charge in [0.1, 0.15) is 17.7 Å². The number of nitrogens with one attached hydrogen (secondary N) is 2. The largest absolute Gasteiger partial charge is 0.360 e. The number of nitrogens with zero attached hydrogens (tertiary/aromatic N) is 2. The van der Waals surface area contributed by atoms with Gasteiger partial charge in [0.2, 0.25) is 15.9 Å². The summed E-state index contributed by atoms with van der Waals surface area (Å²) in [6.07, 6.45) is 3.13. The summed E-state index contributed by atoms with van der Waals surface area (Å²) in [5.74, 6) is 0.601. The molecule has 0 radical (unpaired) electrons. The van der Waals surface area contributed by atoms with E-state index in [9.17, 15) is 22.0 Å². The Morgan fingerprint density at radius 3 is 2.49 bits per heavy atom. The smallest absolute Gasteiger partial charge is 0.245 e. The summed E-state index contributed by atoms with van der Waals surface area (Å²) in [5.41, 5.74) is -0.175. The SMILES string of the molecule is CC1(C)N=C([C@H]2C[C@@H](N(Cc3ccc(Cl)c(F)c3)S(=O)(=O)c3ccccc3)C3CC2C3)N[C@@H]1C(=O)NCC1CC(F)(I)C1. The molecule has 0 unspecified atom stereocenters. The number of hydrogen-bond acceptors (Lipinski definition) is 5. The maximum Gasteiger partial charge on any atom is 0.245 e. The molecular formula is C31H36ClF2IN4O3S. The number of hydrogen-bond donors (Lipinski definition) is 2. The van der Waals surface area contributed by atoms with Crippen LogP contribution in [0, 0.1) is 29.5 Å². The molecule has 2 aromatic carbocycles. The molecule has 2 bridgehead atoms. The Kier molecular flexibility index (Phi) is 8.34. The van der Waals surface area contributed by atoms with Gasteiger partial charge in [0.05, 0.1) is 15.5 Å². The van der Waals surface area contributed by atoms with Crippen molar-refractivity contribution in [3.05, 3.63) is 64.9 Å². The molecule has 1 aliphatic heterocycles. The monoisotopic (exact) mass is 744 g/mol. The lowest BCUT2D eigenvalue weighted by Gasteiger charge is -2.54. The lowest BCUT2D eigenvalue weighted by atomic mass is 9.57. The first-order valence-electron chi connectivity index (χ1n) is 14.8. The van der Waals surface area contributed by atoms with Crippen molar-refractivity contribution in [3.8, 4) is 0 Å². The second-order valence-corrected chi connectivity index (χ2v) is 17.3. The zero-order valence-corrected chi connectivity index (χ0v) is 27.8. The Bertz CT molecular complexity index is 1530. The molecule has 4 fully saturated rings. The number of carbonyl (C=O) groups excluding carboxylic acids is 1. The zero-order valence-electron chi connectivity index (χ0n) is 24.1. The molecule has 2 N–H and O–H groups in total. The third-order valence-electron chi connectivity index (χ3n) is 9.62. The summed E-state index contributed by atoms with van der Waals surface area (Å²) >= 11 is 7.74. The van der Waals surface area contributed by atoms with Gasteiger partial charge >= 0.3 is 0 Å². The summed E-state index contributed by atoms with van der Waals surface area (Å²) < 4.78 is 56.9. The van der Waals surface area contributed by atoms with Crippen LogP contribution in [0.1, 0.15) is 51.5 Å². The van der Waals surface area contributed by atoms with Crippen LogP contribution in [0.4, 0.5) is 8.78 Å². The maximum absolute atomic E-state index is 14.4. The minimum Gasteiger partial charge on any atom is -0.360 e. The fourth-order valence-corrected chi connectivity index (χ4v) is 10.3. The first-order valence-corrected chi connectivity index (χ1v) is 17.7. The minimum atomic E-state index is -3.92. The van der Waals surface area contributed by atoms with Crippen molar-refractivity contribution in [2.45, 2.75) is 78.7 Å². The van der Waals surface area contributed by atoms with Crippen LogP contribution in [0.25, 0.3) is 0 Å². The van der Waals surface area contributed by atoms with E-state index in [2.05, 4.69) is 10.6 Å². The number of benzene rings is 2. The molecular weight excluding hydrogens is 709 g/mol. The molecule has 4 saturated carbocycles. The number of amidine groups is 1. The molecule has 5 aliphatic rings. The van der Waals surface area contributed by atoms with E-state index in [1.54, 1.807) is 36.4 Å². The first kappa shape index (κ1) is 31.2. The van der Waals surface area contributed by atoms with Crippen molar-refractivity contribution in [3.63, 3.8) is 0 Å². The zero-order chi connectivity index (χ0) is 30.7. The summed E-state index contributed by atoms with van der Waals surface area (Å²) in [6, 6.07) is 11.8. The highest BCUT2D eigenvalue weighted by molar-refractivity contribution is 14.1. The highest BCUT2D eigenvalue weighted by Gasteiger charge is 2.54. The number of carbonyl (C=O) groups is 1. The average molecular weight is 745 g/mol. The quantitative estimate of drug-likeness (QED) is 0.249. The number of halogens is 4. The molecule has 7 rings (SSSR count). The van der Waals surface area contributed by atoms with Crippen LogP contribution in [-0.4, -0.2) is 52.3 Å². The number of alkyl halides is 2. The molecule has 0 aromatic heterocycles. The molecule has 0 saturated heterocycles. The molecule has 0 spiro atoms. The molecule has 43 heavy (non-hydrogen) atoms. The van der Waals surface area contributed by atoms with E-state index >= 15 is 0 Å². The van der Waals surface area contributed by atoms with Gasteiger partial charge in [0, 0.05) is 25.0 Å². The molecule has 4 aliphatic carbocycles. The predicted octanol–water partition coefficient (Wildman–Crippen LogP) is 5.86. The van der Waals surface area contributed by atoms with Crippen molar-refractivity contribution in [2.75, 3.05) is 6.54 Å². The van der Waals surface area contributed by atoms with Gasteiger partial charge in [-0.15, -0.1) is 0 Å². The maximum atomic E-state index is 14.4. The average Bonchev–Trinajstić information content (AvgIpc) is 3.25. The van der Waals surface area contributed by atoms with Crippen LogP contribution >= 0.6 is 34.2 Å². The molecule has 7 nitrogen and oxygen atoms in total. The van der Waals surface area contributed by atoms with Crippen molar-refractivity contribution < 1.29 is 22.0 Å². The van der Waals surface area contributed by atoms with Crippen LogP contribution in [0.5, 0.6) is 0 Å². The Hall–Kier alpha value is -1.83. The van der Waals surface area contributed by atoms with E-state index in [4.69, 9.17) is 16.6 Å². The van der Waals surface area contributed by atoms with Gasteiger partial charge in [0.15, 0.2) is 3.68 Å². The van der Waals surface area contributed by atoms with E-state index in [0.29, 0.717) is 37.3 Å². The highest BCUT2D eigenvalue weighted by atomic mass is 127. The third-order valence-corrected chi connectivity index (χ3v) is 12.7. The van der Waals surface area contributed by atoms with E-state index in [0.717, 1.165) is 18.7 Å². The Balaban J connectivity index is 1.22. The second kappa shape index (κ2) is 11.5. The van der Waals surface area contributed by atoms with E-state index < -0.39 is 31.1 Å². The summed E-state index contributed by atoms with van der Waals surface area (Å²) in [6.45, 7) is 4.29. The van der Waals surface area contributed by atoms with Crippen molar-refractivity contribution in [1.29, 1.82) is 0 Å². The number of fused-ring (bicyclic) bond motifs is 2. The van der Waals surface area contributed by atoms with E-state index in [-0.39, 0.29) is 46.2 Å². The van der Waals surface area contributed by atoms with Crippen LogP contribution in [0.15, 0.2) is 58.4 Å². The third kappa shape index (κ3) is 6.20. The van der Waals surface area contributed by atoms with Crippen molar-refractivity contribution in [2.24, 2.45) is 28.7 Å². The van der Waals surface area contributed by atoms with Crippen LogP contribution in [0.3, 0.4) is 0 Å². The van der Waals surface area contributed by atoms with E-state index in [1.165, 1.54) is 16.4 Å². The van der Waals surface area contributed by atoms with Crippen LogP contribution in [0.2, 0.25) is 5.02 Å². The highest BCUT2D eigenvalue weighted by Crippen LogP contribution is 2.53. The standard InChI is InChI=1S/C31H36ClF2IN4O3S/c1-30(2)27(29(40)36-16-19-14-31(34,35)15-19)37-28(38-30)23-13-26(21-11-20(23)12-21)39(17-18-8-9-24(32)25(33)10-18)43(41,42)22-6-4-3-5-7-22/h3-10,19-21,23,26-27H,11-17H2,1-2H3,(H,36,40)(H,37,38)/t19?,20?,21?,23-,26+,27+,31?/m0/s1. The summed E-state index contributed by atoms with van der Waals surface area (Å²) in [7, 11) is -3.92. The van der Waals surface area contributed by atoms with Gasteiger partial charge in [-0.3, -0.25) is 9.79 Å². The number of aliphatic imine (C=N–C) groups is 1. The van der Waals surface area contributed by atoms with Crippen molar-refractivity contribution in [1.82, 2.24) is 14.9 Å². The second-order valence-electron chi connectivity index (χ2n) is 13.1. The van der Waals surface area contributed by atoms with Crippen molar-refractivity contribution >= 4 is 56.0 Å². The lowest BCUT2D eigenvalue weighted by Crippen LogP contribution is -2.58. The Morgan fingerprint density at radius 2 is 1.84 bits per heavy atom. The van der Waals surface area contributed by atoms with Gasteiger partial charge < -0.3 is 10.6 Å².